The van der Waals surface area contributed by atoms with Crippen molar-refractivity contribution in [3.63, 3.8) is 0 Å². The number of benzene rings is 1. The zero-order chi connectivity index (χ0) is 14.9. The number of aliphatic hydroxyl groups excluding tert-OH is 1. The molecule has 3 rings (SSSR count). The van der Waals surface area contributed by atoms with Gasteiger partial charge in [0, 0.05) is 5.69 Å². The maximum Gasteiger partial charge on any atom is 0.314 e. The molecule has 0 saturated heterocycles. The smallest absolute Gasteiger partial charge is 0.314 e. The van der Waals surface area contributed by atoms with Gasteiger partial charge in [-0.3, -0.25) is 4.79 Å². The summed E-state index contributed by atoms with van der Waals surface area (Å²) < 4.78 is 5.40. The molecule has 0 spiro atoms. The SMILES string of the molecule is O=C(O)C1(c2cccc(NCc3ccc(CO)o3)c2)CC1. The summed E-state index contributed by atoms with van der Waals surface area (Å²) in [5.74, 6) is 0.505. The van der Waals surface area contributed by atoms with Gasteiger partial charge in [-0.25, -0.2) is 0 Å². The van der Waals surface area contributed by atoms with Gasteiger partial charge in [-0.15, -0.1) is 0 Å². The highest BCUT2D eigenvalue weighted by Crippen LogP contribution is 2.48. The molecule has 3 N–H and O–H groups in total. The van der Waals surface area contributed by atoms with E-state index in [1.54, 1.807) is 6.07 Å². The van der Waals surface area contributed by atoms with Gasteiger partial charge in [-0.2, -0.15) is 0 Å². The first-order valence-corrected chi connectivity index (χ1v) is 6.90. The molecule has 0 radical (unpaired) electrons. The summed E-state index contributed by atoms with van der Waals surface area (Å²) in [6.45, 7) is 0.375. The molecule has 1 aromatic heterocycles. The van der Waals surface area contributed by atoms with E-state index in [2.05, 4.69) is 5.32 Å². The normalized spacial score (nSPS) is 15.7. The molecule has 21 heavy (non-hydrogen) atoms. The van der Waals surface area contributed by atoms with Crippen molar-refractivity contribution < 1.29 is 19.4 Å². The molecule has 0 amide bonds. The minimum Gasteiger partial charge on any atom is -0.481 e. The molecule has 0 aliphatic heterocycles. The molecular formula is C16H17NO4. The molecule has 5 heteroatoms. The minimum atomic E-state index is -0.752. The fraction of sp³-hybridized carbons (Fsp3) is 0.312. The first kappa shape index (κ1) is 13.7. The van der Waals surface area contributed by atoms with Crippen LogP contribution in [0.3, 0.4) is 0 Å². The van der Waals surface area contributed by atoms with Gasteiger partial charge in [-0.1, -0.05) is 12.1 Å². The van der Waals surface area contributed by atoms with Crippen LogP contribution in [0.25, 0.3) is 0 Å². The summed E-state index contributed by atoms with van der Waals surface area (Å²) in [7, 11) is 0. The van der Waals surface area contributed by atoms with Crippen LogP contribution < -0.4 is 5.32 Å². The second kappa shape index (κ2) is 5.26. The van der Waals surface area contributed by atoms with Crippen LogP contribution in [0.1, 0.15) is 29.9 Å². The van der Waals surface area contributed by atoms with E-state index in [4.69, 9.17) is 9.52 Å². The van der Waals surface area contributed by atoms with Crippen molar-refractivity contribution >= 4 is 11.7 Å². The summed E-state index contributed by atoms with van der Waals surface area (Å²) in [6.07, 6.45) is 1.40. The van der Waals surface area contributed by atoms with Crippen LogP contribution in [-0.2, 0) is 23.4 Å². The number of carboxylic acids is 1. The molecule has 0 atom stereocenters. The number of anilines is 1. The van der Waals surface area contributed by atoms with Crippen molar-refractivity contribution in [3.05, 3.63) is 53.5 Å². The Morgan fingerprint density at radius 3 is 2.62 bits per heavy atom. The maximum absolute atomic E-state index is 11.4. The Balaban J connectivity index is 1.70. The van der Waals surface area contributed by atoms with Gasteiger partial charge in [0.05, 0.1) is 12.0 Å². The van der Waals surface area contributed by atoms with Gasteiger partial charge in [0.15, 0.2) is 0 Å². The lowest BCUT2D eigenvalue weighted by molar-refractivity contribution is -0.140. The summed E-state index contributed by atoms with van der Waals surface area (Å²) in [5.41, 5.74) is 1.02. The van der Waals surface area contributed by atoms with Gasteiger partial charge in [0.2, 0.25) is 0 Å². The Morgan fingerprint density at radius 2 is 2.00 bits per heavy atom. The molecule has 0 unspecified atom stereocenters. The van der Waals surface area contributed by atoms with Crippen molar-refractivity contribution in [1.29, 1.82) is 0 Å². The second-order valence-corrected chi connectivity index (χ2v) is 5.35. The maximum atomic E-state index is 11.4. The lowest BCUT2D eigenvalue weighted by Crippen LogP contribution is -2.19. The lowest BCUT2D eigenvalue weighted by atomic mass is 9.96. The number of hydrogen-bond donors (Lipinski definition) is 3. The van der Waals surface area contributed by atoms with Crippen molar-refractivity contribution in [3.8, 4) is 0 Å². The van der Waals surface area contributed by atoms with Crippen LogP contribution in [-0.4, -0.2) is 16.2 Å². The van der Waals surface area contributed by atoms with Crippen molar-refractivity contribution in [2.24, 2.45) is 0 Å². The van der Waals surface area contributed by atoms with Crippen LogP contribution in [0.15, 0.2) is 40.8 Å². The molecule has 2 aromatic rings. The number of aliphatic carboxylic acids is 1. The molecule has 5 nitrogen and oxygen atoms in total. The van der Waals surface area contributed by atoms with Gasteiger partial charge in [-0.05, 0) is 42.7 Å². The highest BCUT2D eigenvalue weighted by atomic mass is 16.4. The average molecular weight is 287 g/mol. The topological polar surface area (TPSA) is 82.7 Å². The largest absolute Gasteiger partial charge is 0.481 e. The van der Waals surface area contributed by atoms with E-state index in [1.165, 1.54) is 0 Å². The van der Waals surface area contributed by atoms with Crippen LogP contribution in [0.2, 0.25) is 0 Å². The molecule has 1 heterocycles. The van der Waals surface area contributed by atoms with E-state index in [1.807, 2.05) is 30.3 Å². The molecule has 1 fully saturated rings. The number of rotatable bonds is 6. The Bertz CT molecular complexity index is 658. The highest BCUT2D eigenvalue weighted by molar-refractivity contribution is 5.85. The third-order valence-electron chi connectivity index (χ3n) is 3.91. The van der Waals surface area contributed by atoms with E-state index in [-0.39, 0.29) is 6.61 Å². The van der Waals surface area contributed by atoms with Gasteiger partial charge in [0.25, 0.3) is 0 Å². The molecule has 1 aliphatic carbocycles. The fourth-order valence-corrected chi connectivity index (χ4v) is 2.47. The van der Waals surface area contributed by atoms with Crippen molar-refractivity contribution in [2.75, 3.05) is 5.32 Å². The number of carbonyl (C=O) groups is 1. The minimum absolute atomic E-state index is 0.114. The monoisotopic (exact) mass is 287 g/mol. The Hall–Kier alpha value is -2.27. The predicted molar refractivity (Wildman–Crippen MR) is 76.9 cm³/mol. The summed E-state index contributed by atoms with van der Waals surface area (Å²) in [4.78, 5) is 11.4. The Morgan fingerprint density at radius 1 is 1.24 bits per heavy atom. The lowest BCUT2D eigenvalue weighted by Gasteiger charge is -2.12. The molecule has 1 aliphatic rings. The first-order chi connectivity index (χ1) is 10.1. The quantitative estimate of drug-likeness (QED) is 0.760. The molecule has 1 saturated carbocycles. The van der Waals surface area contributed by atoms with Crippen molar-refractivity contribution in [2.45, 2.75) is 31.4 Å². The summed E-state index contributed by atoms with van der Waals surface area (Å²) in [6, 6.07) is 11.1. The summed E-state index contributed by atoms with van der Waals surface area (Å²) >= 11 is 0. The average Bonchev–Trinajstić information content (AvgIpc) is 3.19. The number of nitrogens with one attached hydrogen (secondary N) is 1. The van der Waals surface area contributed by atoms with Gasteiger partial charge in [0.1, 0.15) is 18.1 Å². The summed E-state index contributed by atoms with van der Waals surface area (Å²) in [5, 5.41) is 21.5. The molecule has 1 aromatic carbocycles. The molecule has 0 bridgehead atoms. The predicted octanol–water partition coefficient (Wildman–Crippen LogP) is 2.50. The number of furan rings is 1. The highest BCUT2D eigenvalue weighted by Gasteiger charge is 2.51. The van der Waals surface area contributed by atoms with Crippen molar-refractivity contribution in [1.82, 2.24) is 0 Å². The Labute approximate surface area is 122 Å². The third-order valence-corrected chi connectivity index (χ3v) is 3.91. The second-order valence-electron chi connectivity index (χ2n) is 5.35. The number of hydrogen-bond acceptors (Lipinski definition) is 4. The van der Waals surface area contributed by atoms with E-state index in [9.17, 15) is 9.90 Å². The number of aliphatic hydroxyl groups is 1. The van der Waals surface area contributed by atoms with Gasteiger partial charge < -0.3 is 19.9 Å². The zero-order valence-corrected chi connectivity index (χ0v) is 11.5. The van der Waals surface area contributed by atoms with Crippen LogP contribution >= 0.6 is 0 Å². The fourth-order valence-electron chi connectivity index (χ4n) is 2.47. The first-order valence-electron chi connectivity index (χ1n) is 6.90. The molecule has 110 valence electrons. The van der Waals surface area contributed by atoms with E-state index < -0.39 is 11.4 Å². The van der Waals surface area contributed by atoms with Crippen LogP contribution in [0.5, 0.6) is 0 Å². The zero-order valence-electron chi connectivity index (χ0n) is 11.5. The van der Waals surface area contributed by atoms with Crippen LogP contribution in [0, 0.1) is 0 Å². The Kier molecular flexibility index (Phi) is 3.43. The van der Waals surface area contributed by atoms with E-state index in [0.717, 1.165) is 17.0 Å². The van der Waals surface area contributed by atoms with E-state index >= 15 is 0 Å². The third kappa shape index (κ3) is 2.64. The number of carboxylic acid groups (broad SMARTS) is 1. The van der Waals surface area contributed by atoms with Crippen LogP contribution in [0.4, 0.5) is 5.69 Å². The van der Waals surface area contributed by atoms with E-state index in [0.29, 0.717) is 25.1 Å². The standard InChI is InChI=1S/C16H17NO4/c18-10-14-5-4-13(21-14)9-17-12-3-1-2-11(8-12)16(6-7-16)15(19)20/h1-5,8,17-18H,6-7,9-10H2,(H,19,20). The van der Waals surface area contributed by atoms with Gasteiger partial charge >= 0.3 is 5.97 Å². The molecular weight excluding hydrogens is 270 g/mol.